The van der Waals surface area contributed by atoms with Gasteiger partial charge in [0.05, 0.1) is 6.07 Å². The fraction of sp³-hybridized carbons (Fsp3) is 0.500. The molecule has 1 heteroatoms. The number of hydrogen-bond acceptors (Lipinski definition) is 1. The fourth-order valence-electron chi connectivity index (χ4n) is 2.64. The van der Waals surface area contributed by atoms with Crippen molar-refractivity contribution < 1.29 is 0 Å². The molecular weight excluding hydrogens is 182 g/mol. The lowest BCUT2D eigenvalue weighted by Gasteiger charge is -2.35. The van der Waals surface area contributed by atoms with Crippen molar-refractivity contribution in [3.8, 4) is 6.07 Å². The molecule has 1 saturated carbocycles. The van der Waals surface area contributed by atoms with Crippen molar-refractivity contribution in [2.24, 2.45) is 0 Å². The van der Waals surface area contributed by atoms with Crippen LogP contribution in [0.4, 0.5) is 0 Å². The second-order valence-electron chi connectivity index (χ2n) is 4.45. The van der Waals surface area contributed by atoms with Gasteiger partial charge in [-0.2, -0.15) is 5.26 Å². The average Bonchev–Trinajstić information content (AvgIpc) is 2.32. The molecule has 1 radical (unpaired) electrons. The molecular formula is C14H16N. The standard InChI is InChI=1S/C14H16N/c15-12-11-14(9-5-2-6-10-14)13-7-3-1-4-8-13/h1,3-4,7H,2,5-6,9-11H2. The van der Waals surface area contributed by atoms with Crippen molar-refractivity contribution >= 4 is 0 Å². The largest absolute Gasteiger partial charge is 0.198 e. The van der Waals surface area contributed by atoms with E-state index in [2.05, 4.69) is 24.3 Å². The molecule has 0 atom stereocenters. The van der Waals surface area contributed by atoms with Gasteiger partial charge in [-0.05, 0) is 24.5 Å². The Hall–Kier alpha value is -1.29. The SMILES string of the molecule is N#CCC1(c2[c]cccc2)CCCCC1. The van der Waals surface area contributed by atoms with Gasteiger partial charge in [0.15, 0.2) is 0 Å². The van der Waals surface area contributed by atoms with E-state index in [1.807, 2.05) is 12.1 Å². The van der Waals surface area contributed by atoms with Gasteiger partial charge in [0.25, 0.3) is 0 Å². The Morgan fingerprint density at radius 3 is 2.67 bits per heavy atom. The molecule has 1 aromatic carbocycles. The van der Waals surface area contributed by atoms with E-state index in [1.54, 1.807) is 0 Å². The maximum atomic E-state index is 8.98. The van der Waals surface area contributed by atoms with Crippen LogP contribution in [0.2, 0.25) is 0 Å². The summed E-state index contributed by atoms with van der Waals surface area (Å²) in [5.41, 5.74) is 1.35. The first-order valence-corrected chi connectivity index (χ1v) is 5.72. The van der Waals surface area contributed by atoms with Crippen LogP contribution in [0, 0.1) is 17.4 Å². The third-order valence-electron chi connectivity index (χ3n) is 3.51. The summed E-state index contributed by atoms with van der Waals surface area (Å²) in [4.78, 5) is 0. The van der Waals surface area contributed by atoms with Crippen LogP contribution in [0.15, 0.2) is 24.3 Å². The monoisotopic (exact) mass is 198 g/mol. The van der Waals surface area contributed by atoms with Crippen LogP contribution in [-0.4, -0.2) is 0 Å². The Morgan fingerprint density at radius 2 is 2.07 bits per heavy atom. The van der Waals surface area contributed by atoms with Crippen molar-refractivity contribution in [2.45, 2.75) is 43.9 Å². The van der Waals surface area contributed by atoms with Gasteiger partial charge in [-0.15, -0.1) is 0 Å². The molecule has 15 heavy (non-hydrogen) atoms. The smallest absolute Gasteiger partial charge is 0.0631 e. The van der Waals surface area contributed by atoms with Gasteiger partial charge < -0.3 is 0 Å². The summed E-state index contributed by atoms with van der Waals surface area (Å²) in [6, 6.07) is 13.8. The summed E-state index contributed by atoms with van der Waals surface area (Å²) in [5, 5.41) is 8.98. The van der Waals surface area contributed by atoms with Gasteiger partial charge in [-0.1, -0.05) is 43.5 Å². The maximum Gasteiger partial charge on any atom is 0.0631 e. The highest BCUT2D eigenvalue weighted by Crippen LogP contribution is 2.41. The van der Waals surface area contributed by atoms with Crippen LogP contribution in [0.1, 0.15) is 44.1 Å². The zero-order valence-electron chi connectivity index (χ0n) is 9.00. The van der Waals surface area contributed by atoms with Gasteiger partial charge in [-0.25, -0.2) is 0 Å². The molecule has 0 N–H and O–H groups in total. The predicted octanol–water partition coefficient (Wildman–Crippen LogP) is 3.60. The van der Waals surface area contributed by atoms with Crippen molar-refractivity contribution in [2.75, 3.05) is 0 Å². The van der Waals surface area contributed by atoms with E-state index in [4.69, 9.17) is 5.26 Å². The highest BCUT2D eigenvalue weighted by molar-refractivity contribution is 5.26. The summed E-state index contributed by atoms with van der Waals surface area (Å²) in [7, 11) is 0. The first kappa shape index (κ1) is 10.2. The molecule has 1 fully saturated rings. The molecule has 0 saturated heterocycles. The normalized spacial score (nSPS) is 19.4. The number of benzene rings is 1. The Morgan fingerprint density at radius 1 is 1.27 bits per heavy atom. The van der Waals surface area contributed by atoms with E-state index in [-0.39, 0.29) is 5.41 Å². The lowest BCUT2D eigenvalue weighted by molar-refractivity contribution is 0.297. The molecule has 1 aromatic rings. The van der Waals surface area contributed by atoms with Crippen molar-refractivity contribution in [1.29, 1.82) is 5.26 Å². The molecule has 0 heterocycles. The predicted molar refractivity (Wildman–Crippen MR) is 60.3 cm³/mol. The molecule has 1 aliphatic rings. The Kier molecular flexibility index (Phi) is 3.06. The Labute approximate surface area is 91.7 Å². The van der Waals surface area contributed by atoms with Gasteiger partial charge in [0.2, 0.25) is 0 Å². The summed E-state index contributed by atoms with van der Waals surface area (Å²) in [6.45, 7) is 0. The van der Waals surface area contributed by atoms with Crippen molar-refractivity contribution in [3.63, 3.8) is 0 Å². The van der Waals surface area contributed by atoms with Crippen LogP contribution in [0.25, 0.3) is 0 Å². The molecule has 1 nitrogen and oxygen atoms in total. The highest BCUT2D eigenvalue weighted by Gasteiger charge is 2.33. The Bertz CT molecular complexity index is 341. The van der Waals surface area contributed by atoms with Crippen LogP contribution in [-0.2, 0) is 5.41 Å². The van der Waals surface area contributed by atoms with Crippen LogP contribution >= 0.6 is 0 Å². The minimum atomic E-state index is 0.105. The second kappa shape index (κ2) is 4.49. The topological polar surface area (TPSA) is 23.8 Å². The first-order valence-electron chi connectivity index (χ1n) is 5.72. The van der Waals surface area contributed by atoms with E-state index in [0.717, 1.165) is 12.8 Å². The van der Waals surface area contributed by atoms with Crippen LogP contribution in [0.5, 0.6) is 0 Å². The third kappa shape index (κ3) is 2.04. The fourth-order valence-corrected chi connectivity index (χ4v) is 2.64. The van der Waals surface area contributed by atoms with Crippen molar-refractivity contribution in [1.82, 2.24) is 0 Å². The van der Waals surface area contributed by atoms with Gasteiger partial charge in [-0.3, -0.25) is 0 Å². The molecule has 0 spiro atoms. The van der Waals surface area contributed by atoms with E-state index >= 15 is 0 Å². The highest BCUT2D eigenvalue weighted by atomic mass is 14.4. The summed E-state index contributed by atoms with van der Waals surface area (Å²) in [6.07, 6.45) is 6.78. The summed E-state index contributed by atoms with van der Waals surface area (Å²) in [5.74, 6) is 0. The van der Waals surface area contributed by atoms with Gasteiger partial charge >= 0.3 is 0 Å². The van der Waals surface area contributed by atoms with Crippen LogP contribution in [0.3, 0.4) is 0 Å². The van der Waals surface area contributed by atoms with Crippen molar-refractivity contribution in [3.05, 3.63) is 35.9 Å². The minimum Gasteiger partial charge on any atom is -0.198 e. The molecule has 2 rings (SSSR count). The summed E-state index contributed by atoms with van der Waals surface area (Å²) >= 11 is 0. The molecule has 0 aromatic heterocycles. The third-order valence-corrected chi connectivity index (χ3v) is 3.51. The lowest BCUT2D eigenvalue weighted by atomic mass is 9.68. The van der Waals surface area contributed by atoms with E-state index < -0.39 is 0 Å². The molecule has 1 aliphatic carbocycles. The number of nitrogens with zero attached hydrogens (tertiary/aromatic N) is 1. The molecule has 0 aliphatic heterocycles. The zero-order valence-corrected chi connectivity index (χ0v) is 9.00. The quantitative estimate of drug-likeness (QED) is 0.712. The Balaban J connectivity index is 2.30. The molecule has 0 bridgehead atoms. The van der Waals surface area contributed by atoms with E-state index in [9.17, 15) is 0 Å². The number of nitriles is 1. The van der Waals surface area contributed by atoms with E-state index in [1.165, 1.54) is 24.8 Å². The summed E-state index contributed by atoms with van der Waals surface area (Å²) < 4.78 is 0. The van der Waals surface area contributed by atoms with Crippen LogP contribution < -0.4 is 0 Å². The first-order chi connectivity index (χ1) is 7.37. The van der Waals surface area contributed by atoms with Gasteiger partial charge in [0, 0.05) is 11.8 Å². The second-order valence-corrected chi connectivity index (χ2v) is 4.45. The molecule has 0 unspecified atom stereocenters. The zero-order chi connectivity index (χ0) is 10.6. The maximum absolute atomic E-state index is 8.98. The number of hydrogen-bond donors (Lipinski definition) is 0. The lowest BCUT2D eigenvalue weighted by Crippen LogP contribution is -2.28. The number of rotatable bonds is 2. The molecule has 0 amide bonds. The van der Waals surface area contributed by atoms with E-state index in [0.29, 0.717) is 6.42 Å². The molecule has 77 valence electrons. The average molecular weight is 198 g/mol. The van der Waals surface area contributed by atoms with Gasteiger partial charge in [0.1, 0.15) is 0 Å². The minimum absolute atomic E-state index is 0.105.